The van der Waals surface area contributed by atoms with Gasteiger partial charge in [0.05, 0.1) is 0 Å². The molecule has 1 rings (SSSR count). The number of nitrogens with zero attached hydrogens (tertiary/aromatic N) is 1. The first-order valence-corrected chi connectivity index (χ1v) is 5.17. The van der Waals surface area contributed by atoms with Gasteiger partial charge in [-0.1, -0.05) is 5.16 Å². The molecule has 1 amide bonds. The number of hydrogen-bond acceptors (Lipinski definition) is 5. The summed E-state index contributed by atoms with van der Waals surface area (Å²) in [7, 11) is 0. The summed E-state index contributed by atoms with van der Waals surface area (Å²) in [6.07, 6.45) is -0.853. The van der Waals surface area contributed by atoms with Crippen LogP contribution in [0.15, 0.2) is 5.16 Å². The summed E-state index contributed by atoms with van der Waals surface area (Å²) in [5.41, 5.74) is 4.73. The molecular weight excluding hydrogens is 184 g/mol. The highest BCUT2D eigenvalue weighted by molar-refractivity contribution is 8.18. The zero-order valence-electron chi connectivity index (χ0n) is 5.78. The molecule has 1 saturated heterocycles. The molecule has 0 aliphatic carbocycles. The van der Waals surface area contributed by atoms with Crippen molar-refractivity contribution in [2.75, 3.05) is 17.3 Å². The largest absolute Gasteiger partial charge is 0.430 e. The third-order valence-corrected chi connectivity index (χ3v) is 3.33. The lowest BCUT2D eigenvalue weighted by molar-refractivity contribution is 0.162. The van der Waals surface area contributed by atoms with Crippen LogP contribution in [0.4, 0.5) is 4.79 Å². The Kier molecular flexibility index (Phi) is 3.58. The van der Waals surface area contributed by atoms with Gasteiger partial charge in [0.1, 0.15) is 5.04 Å². The molecule has 62 valence electrons. The minimum atomic E-state index is -0.853. The molecule has 11 heavy (non-hydrogen) atoms. The molecule has 0 bridgehead atoms. The van der Waals surface area contributed by atoms with Crippen LogP contribution in [0.1, 0.15) is 0 Å². The smallest absolute Gasteiger partial charge is 0.333 e. The highest BCUT2D eigenvalue weighted by atomic mass is 32.2. The SMILES string of the molecule is NC(=O)ON=C1CSCCS1. The maximum atomic E-state index is 10.1. The van der Waals surface area contributed by atoms with Crippen LogP contribution < -0.4 is 5.73 Å². The van der Waals surface area contributed by atoms with Crippen LogP contribution in [0.25, 0.3) is 0 Å². The Balaban J connectivity index is 2.32. The van der Waals surface area contributed by atoms with Crippen LogP contribution >= 0.6 is 23.5 Å². The molecule has 4 nitrogen and oxygen atoms in total. The fourth-order valence-electron chi connectivity index (χ4n) is 0.568. The van der Waals surface area contributed by atoms with E-state index in [4.69, 9.17) is 5.73 Å². The highest BCUT2D eigenvalue weighted by Crippen LogP contribution is 2.18. The van der Waals surface area contributed by atoms with Gasteiger partial charge in [-0.05, 0) is 0 Å². The van der Waals surface area contributed by atoms with E-state index in [0.29, 0.717) is 0 Å². The monoisotopic (exact) mass is 192 g/mol. The maximum Gasteiger partial charge on any atom is 0.430 e. The van der Waals surface area contributed by atoms with Crippen molar-refractivity contribution in [3.63, 3.8) is 0 Å². The first kappa shape index (κ1) is 8.73. The molecule has 1 fully saturated rings. The minimum absolute atomic E-state index is 0.817. The zero-order chi connectivity index (χ0) is 8.10. The Morgan fingerprint density at radius 2 is 2.45 bits per heavy atom. The van der Waals surface area contributed by atoms with Crippen molar-refractivity contribution >= 4 is 34.7 Å². The Hall–Kier alpha value is -0.360. The lowest BCUT2D eigenvalue weighted by atomic mass is 10.9. The van der Waals surface area contributed by atoms with Gasteiger partial charge in [-0.2, -0.15) is 11.8 Å². The predicted octanol–water partition coefficient (Wildman–Crippen LogP) is 0.875. The Bertz CT molecular complexity index is 175. The van der Waals surface area contributed by atoms with Crippen LogP contribution in [0.2, 0.25) is 0 Å². The topological polar surface area (TPSA) is 64.7 Å². The van der Waals surface area contributed by atoms with Crippen molar-refractivity contribution in [1.82, 2.24) is 0 Å². The standard InChI is InChI=1S/C5H8N2O2S2/c6-5(8)9-7-4-3-10-1-2-11-4/h1-3H2,(H2,6,8). The molecule has 2 N–H and O–H groups in total. The van der Waals surface area contributed by atoms with E-state index in [0.717, 1.165) is 22.3 Å². The van der Waals surface area contributed by atoms with Crippen LogP contribution in [-0.4, -0.2) is 28.4 Å². The third-order valence-electron chi connectivity index (χ3n) is 0.959. The lowest BCUT2D eigenvalue weighted by Gasteiger charge is -2.09. The Morgan fingerprint density at radius 1 is 1.64 bits per heavy atom. The van der Waals surface area contributed by atoms with Gasteiger partial charge in [0.25, 0.3) is 0 Å². The van der Waals surface area contributed by atoms with E-state index in [9.17, 15) is 4.79 Å². The maximum absolute atomic E-state index is 10.1. The number of carbonyl (C=O) groups excluding carboxylic acids is 1. The molecule has 1 aliphatic rings. The number of nitrogens with two attached hydrogens (primary N) is 1. The van der Waals surface area contributed by atoms with Crippen molar-refractivity contribution in [2.45, 2.75) is 0 Å². The predicted molar refractivity (Wildman–Crippen MR) is 47.9 cm³/mol. The summed E-state index contributed by atoms with van der Waals surface area (Å²) < 4.78 is 0. The lowest BCUT2D eigenvalue weighted by Crippen LogP contribution is -2.13. The van der Waals surface area contributed by atoms with Gasteiger partial charge in [0, 0.05) is 17.3 Å². The molecule has 0 aromatic carbocycles. The first-order valence-electron chi connectivity index (χ1n) is 3.03. The summed E-state index contributed by atoms with van der Waals surface area (Å²) in [5.74, 6) is 2.96. The number of amides is 1. The summed E-state index contributed by atoms with van der Waals surface area (Å²) in [4.78, 5) is 14.4. The van der Waals surface area contributed by atoms with E-state index < -0.39 is 6.09 Å². The van der Waals surface area contributed by atoms with Gasteiger partial charge in [0.15, 0.2) is 0 Å². The average molecular weight is 192 g/mol. The summed E-state index contributed by atoms with van der Waals surface area (Å²) >= 11 is 3.37. The summed E-state index contributed by atoms with van der Waals surface area (Å²) in [5, 5.41) is 4.40. The van der Waals surface area contributed by atoms with E-state index in [1.54, 1.807) is 23.5 Å². The van der Waals surface area contributed by atoms with E-state index >= 15 is 0 Å². The highest BCUT2D eigenvalue weighted by Gasteiger charge is 2.08. The van der Waals surface area contributed by atoms with Crippen molar-refractivity contribution in [3.05, 3.63) is 0 Å². The fourth-order valence-corrected chi connectivity index (χ4v) is 2.65. The minimum Gasteiger partial charge on any atom is -0.333 e. The second-order valence-corrected chi connectivity index (χ2v) is 4.07. The molecule has 0 atom stereocenters. The van der Waals surface area contributed by atoms with Crippen molar-refractivity contribution in [3.8, 4) is 0 Å². The quantitative estimate of drug-likeness (QED) is 0.494. The van der Waals surface area contributed by atoms with Crippen LogP contribution in [0.3, 0.4) is 0 Å². The Morgan fingerprint density at radius 3 is 3.00 bits per heavy atom. The average Bonchev–Trinajstić information content (AvgIpc) is 2.03. The molecular formula is C5H8N2O2S2. The van der Waals surface area contributed by atoms with Crippen molar-refractivity contribution in [2.24, 2.45) is 10.9 Å². The number of hydrogen-bond donors (Lipinski definition) is 1. The molecule has 0 aromatic heterocycles. The van der Waals surface area contributed by atoms with Gasteiger partial charge in [-0.25, -0.2) is 4.79 Å². The van der Waals surface area contributed by atoms with E-state index in [1.807, 2.05) is 0 Å². The number of thioether (sulfide) groups is 2. The molecule has 6 heteroatoms. The second kappa shape index (κ2) is 4.50. The zero-order valence-corrected chi connectivity index (χ0v) is 7.41. The molecule has 0 radical (unpaired) electrons. The summed E-state index contributed by atoms with van der Waals surface area (Å²) in [6, 6.07) is 0. The van der Waals surface area contributed by atoms with Gasteiger partial charge >= 0.3 is 6.09 Å². The summed E-state index contributed by atoms with van der Waals surface area (Å²) in [6.45, 7) is 0. The molecule has 0 unspecified atom stereocenters. The van der Waals surface area contributed by atoms with Crippen LogP contribution in [0, 0.1) is 0 Å². The van der Waals surface area contributed by atoms with Crippen LogP contribution in [0.5, 0.6) is 0 Å². The number of oxime groups is 1. The normalized spacial score (nSPS) is 21.6. The molecule has 1 heterocycles. The van der Waals surface area contributed by atoms with Gasteiger partial charge in [0.2, 0.25) is 0 Å². The molecule has 1 aliphatic heterocycles. The van der Waals surface area contributed by atoms with Crippen molar-refractivity contribution < 1.29 is 9.63 Å². The van der Waals surface area contributed by atoms with Crippen molar-refractivity contribution in [1.29, 1.82) is 0 Å². The second-order valence-electron chi connectivity index (χ2n) is 1.80. The number of carbonyl (C=O) groups is 1. The van der Waals surface area contributed by atoms with E-state index in [1.165, 1.54) is 0 Å². The molecule has 0 spiro atoms. The van der Waals surface area contributed by atoms with Crippen LogP contribution in [-0.2, 0) is 4.84 Å². The van der Waals surface area contributed by atoms with E-state index in [2.05, 4.69) is 9.99 Å². The van der Waals surface area contributed by atoms with Gasteiger partial charge < -0.3 is 5.73 Å². The molecule has 0 aromatic rings. The first-order chi connectivity index (χ1) is 5.29. The van der Waals surface area contributed by atoms with Gasteiger partial charge in [-0.3, -0.25) is 4.84 Å². The number of rotatable bonds is 1. The Labute approximate surface area is 72.9 Å². The molecule has 0 saturated carbocycles. The number of primary amides is 1. The van der Waals surface area contributed by atoms with E-state index in [-0.39, 0.29) is 0 Å². The fraction of sp³-hybridized carbons (Fsp3) is 0.600. The van der Waals surface area contributed by atoms with Gasteiger partial charge in [-0.15, -0.1) is 11.8 Å². The third kappa shape index (κ3) is 3.52.